The van der Waals surface area contributed by atoms with Gasteiger partial charge in [0.1, 0.15) is 11.8 Å². The number of carbonyl (C=O) groups is 3. The molecule has 2 unspecified atom stereocenters. The molecule has 2 atom stereocenters. The average molecular weight is 322 g/mol. The van der Waals surface area contributed by atoms with Gasteiger partial charge in [0.15, 0.2) is 9.84 Å². The number of amides is 2. The van der Waals surface area contributed by atoms with E-state index in [4.69, 9.17) is 5.11 Å². The Morgan fingerprint density at radius 2 is 1.76 bits per heavy atom. The van der Waals surface area contributed by atoms with Gasteiger partial charge >= 0.3 is 5.97 Å². The number of aliphatic carboxylic acids is 1. The van der Waals surface area contributed by atoms with Crippen LogP contribution in [0.1, 0.15) is 33.6 Å². The zero-order chi connectivity index (χ0) is 16.6. The lowest BCUT2D eigenvalue weighted by molar-refractivity contribution is -0.140. The van der Waals surface area contributed by atoms with E-state index in [0.717, 1.165) is 19.8 Å². The molecule has 0 aromatic heterocycles. The summed E-state index contributed by atoms with van der Waals surface area (Å²) in [6, 6.07) is -1.71. The van der Waals surface area contributed by atoms with Crippen molar-refractivity contribution in [3.8, 4) is 0 Å². The standard InChI is InChI=1S/C12H22N2O6S/c1-4-5-8(2)13-11(16)7-21(19,20)6-10(12(17)18)14-9(3)15/h8,10H,4-7H2,1-3H3,(H,13,16)(H,14,15)(H,17,18). The third-order valence-electron chi connectivity index (χ3n) is 2.58. The van der Waals surface area contributed by atoms with Gasteiger partial charge in [-0.3, -0.25) is 9.59 Å². The van der Waals surface area contributed by atoms with Crippen LogP contribution < -0.4 is 10.6 Å². The molecule has 0 heterocycles. The minimum absolute atomic E-state index is 0.150. The molecule has 0 aromatic rings. The lowest BCUT2D eigenvalue weighted by Crippen LogP contribution is -2.46. The van der Waals surface area contributed by atoms with Gasteiger partial charge in [-0.25, -0.2) is 13.2 Å². The Morgan fingerprint density at radius 3 is 2.19 bits per heavy atom. The minimum Gasteiger partial charge on any atom is -0.480 e. The maximum absolute atomic E-state index is 11.8. The van der Waals surface area contributed by atoms with Gasteiger partial charge in [-0.1, -0.05) is 13.3 Å². The lowest BCUT2D eigenvalue weighted by Gasteiger charge is -2.15. The summed E-state index contributed by atoms with van der Waals surface area (Å²) >= 11 is 0. The molecule has 0 rings (SSSR count). The number of sulfone groups is 1. The van der Waals surface area contributed by atoms with Crippen LogP contribution in [0.4, 0.5) is 0 Å². The number of rotatable bonds is 9. The fourth-order valence-corrected chi connectivity index (χ4v) is 3.09. The molecule has 0 spiro atoms. The van der Waals surface area contributed by atoms with Crippen LogP contribution in [0.5, 0.6) is 0 Å². The Labute approximate surface area is 124 Å². The van der Waals surface area contributed by atoms with Crippen LogP contribution in [0, 0.1) is 0 Å². The molecule has 0 saturated heterocycles. The molecule has 122 valence electrons. The van der Waals surface area contributed by atoms with Crippen LogP contribution >= 0.6 is 0 Å². The van der Waals surface area contributed by atoms with Gasteiger partial charge in [-0.2, -0.15) is 0 Å². The fraction of sp³-hybridized carbons (Fsp3) is 0.750. The highest BCUT2D eigenvalue weighted by Gasteiger charge is 2.28. The van der Waals surface area contributed by atoms with E-state index in [-0.39, 0.29) is 6.04 Å². The average Bonchev–Trinajstić information content (AvgIpc) is 2.25. The molecule has 0 bridgehead atoms. The van der Waals surface area contributed by atoms with Crippen molar-refractivity contribution in [1.29, 1.82) is 0 Å². The summed E-state index contributed by atoms with van der Waals surface area (Å²) in [7, 11) is -3.94. The van der Waals surface area contributed by atoms with Gasteiger partial charge in [-0.05, 0) is 13.3 Å². The molecule has 21 heavy (non-hydrogen) atoms. The molecular weight excluding hydrogens is 300 g/mol. The number of nitrogens with one attached hydrogen (secondary N) is 2. The first-order valence-electron chi connectivity index (χ1n) is 6.57. The number of hydrogen-bond acceptors (Lipinski definition) is 5. The zero-order valence-corrected chi connectivity index (χ0v) is 13.2. The van der Waals surface area contributed by atoms with Gasteiger partial charge in [0.25, 0.3) is 0 Å². The molecule has 0 aliphatic heterocycles. The van der Waals surface area contributed by atoms with Crippen LogP contribution in [0.15, 0.2) is 0 Å². The Morgan fingerprint density at radius 1 is 1.19 bits per heavy atom. The Kier molecular flexibility index (Phi) is 7.93. The number of carboxylic acids is 1. The molecule has 9 heteroatoms. The Hall–Kier alpha value is -1.64. The predicted molar refractivity (Wildman–Crippen MR) is 76.4 cm³/mol. The van der Waals surface area contributed by atoms with Crippen molar-refractivity contribution in [2.75, 3.05) is 11.5 Å². The summed E-state index contributed by atoms with van der Waals surface area (Å²) in [4.78, 5) is 33.3. The zero-order valence-electron chi connectivity index (χ0n) is 12.4. The second-order valence-electron chi connectivity index (χ2n) is 4.90. The molecule has 0 aromatic carbocycles. The number of hydrogen-bond donors (Lipinski definition) is 3. The van der Waals surface area contributed by atoms with E-state index in [1.807, 2.05) is 12.2 Å². The van der Waals surface area contributed by atoms with Crippen molar-refractivity contribution >= 4 is 27.6 Å². The van der Waals surface area contributed by atoms with Crippen LogP contribution in [-0.2, 0) is 24.2 Å². The van der Waals surface area contributed by atoms with Gasteiger partial charge < -0.3 is 15.7 Å². The van der Waals surface area contributed by atoms with Crippen molar-refractivity contribution < 1.29 is 27.9 Å². The molecule has 8 nitrogen and oxygen atoms in total. The van der Waals surface area contributed by atoms with Crippen LogP contribution in [0.3, 0.4) is 0 Å². The summed E-state index contributed by atoms with van der Waals surface area (Å²) in [6.45, 7) is 4.78. The van der Waals surface area contributed by atoms with Gasteiger partial charge in [-0.15, -0.1) is 0 Å². The molecule has 0 saturated carbocycles. The summed E-state index contributed by atoms with van der Waals surface area (Å²) in [6.07, 6.45) is 1.56. The summed E-state index contributed by atoms with van der Waals surface area (Å²) in [5, 5.41) is 13.4. The first-order chi connectivity index (χ1) is 9.57. The number of carboxylic acid groups (broad SMARTS) is 1. The van der Waals surface area contributed by atoms with Crippen molar-refractivity contribution in [1.82, 2.24) is 10.6 Å². The Bertz CT molecular complexity index is 488. The molecule has 0 fully saturated rings. The van der Waals surface area contributed by atoms with E-state index >= 15 is 0 Å². The van der Waals surface area contributed by atoms with Crippen molar-refractivity contribution in [2.24, 2.45) is 0 Å². The maximum Gasteiger partial charge on any atom is 0.327 e. The van der Waals surface area contributed by atoms with E-state index in [0.29, 0.717) is 0 Å². The SMILES string of the molecule is CCCC(C)NC(=O)CS(=O)(=O)CC(NC(C)=O)C(=O)O. The van der Waals surface area contributed by atoms with Crippen LogP contribution in [0.2, 0.25) is 0 Å². The fourth-order valence-electron chi connectivity index (χ4n) is 1.75. The second kappa shape index (κ2) is 8.60. The molecule has 0 aliphatic carbocycles. The smallest absolute Gasteiger partial charge is 0.327 e. The molecule has 2 amide bonds. The summed E-state index contributed by atoms with van der Waals surface area (Å²) < 4.78 is 23.6. The highest BCUT2D eigenvalue weighted by Crippen LogP contribution is 1.99. The van der Waals surface area contributed by atoms with Crippen LogP contribution in [-0.4, -0.2) is 54.9 Å². The van der Waals surface area contributed by atoms with Gasteiger partial charge in [0.05, 0.1) is 5.75 Å². The molecule has 0 aliphatic rings. The van der Waals surface area contributed by atoms with E-state index in [9.17, 15) is 22.8 Å². The third kappa shape index (κ3) is 9.01. The third-order valence-corrected chi connectivity index (χ3v) is 4.12. The summed E-state index contributed by atoms with van der Waals surface area (Å²) in [5.74, 6) is -4.42. The highest BCUT2D eigenvalue weighted by atomic mass is 32.2. The molecular formula is C12H22N2O6S. The number of carbonyl (C=O) groups excluding carboxylic acids is 2. The van der Waals surface area contributed by atoms with E-state index in [2.05, 4.69) is 5.32 Å². The van der Waals surface area contributed by atoms with E-state index in [1.54, 1.807) is 6.92 Å². The predicted octanol–water partition coefficient (Wildman–Crippen LogP) is -0.705. The van der Waals surface area contributed by atoms with Crippen molar-refractivity contribution in [2.45, 2.75) is 45.7 Å². The molecule has 3 N–H and O–H groups in total. The first kappa shape index (κ1) is 19.4. The van der Waals surface area contributed by atoms with Gasteiger partial charge in [0.2, 0.25) is 11.8 Å². The first-order valence-corrected chi connectivity index (χ1v) is 8.39. The minimum atomic E-state index is -3.94. The topological polar surface area (TPSA) is 130 Å². The Balaban J connectivity index is 4.63. The normalized spacial score (nSPS) is 14.0. The van der Waals surface area contributed by atoms with Gasteiger partial charge in [0, 0.05) is 13.0 Å². The quantitative estimate of drug-likeness (QED) is 0.514. The van der Waals surface area contributed by atoms with Crippen molar-refractivity contribution in [3.05, 3.63) is 0 Å². The highest BCUT2D eigenvalue weighted by molar-refractivity contribution is 7.92. The lowest BCUT2D eigenvalue weighted by atomic mass is 10.2. The van der Waals surface area contributed by atoms with E-state index in [1.165, 1.54) is 0 Å². The summed E-state index contributed by atoms with van der Waals surface area (Å²) in [5.41, 5.74) is 0. The monoisotopic (exact) mass is 322 g/mol. The van der Waals surface area contributed by atoms with E-state index < -0.39 is 45.2 Å². The molecule has 0 radical (unpaired) electrons. The largest absolute Gasteiger partial charge is 0.480 e. The van der Waals surface area contributed by atoms with Crippen molar-refractivity contribution in [3.63, 3.8) is 0 Å². The second-order valence-corrected chi connectivity index (χ2v) is 7.01. The van der Waals surface area contributed by atoms with Crippen LogP contribution in [0.25, 0.3) is 0 Å². The maximum atomic E-state index is 11.8.